The highest BCUT2D eigenvalue weighted by molar-refractivity contribution is 8.00. The first kappa shape index (κ1) is 14.1. The number of anilines is 2. The summed E-state index contributed by atoms with van der Waals surface area (Å²) in [6.45, 7) is 6.37. The average molecular weight is 280 g/mol. The molecule has 0 aliphatic carbocycles. The van der Waals surface area contributed by atoms with Gasteiger partial charge in [0.05, 0.1) is 12.2 Å². The molecule has 104 valence electrons. The van der Waals surface area contributed by atoms with Crippen molar-refractivity contribution in [2.45, 2.75) is 19.1 Å². The largest absolute Gasteiger partial charge is 0.462 e. The molecule has 0 aromatic heterocycles. The molecule has 1 unspecified atom stereocenters. The highest BCUT2D eigenvalue weighted by Gasteiger charge is 2.19. The van der Waals surface area contributed by atoms with Gasteiger partial charge in [-0.3, -0.25) is 0 Å². The Morgan fingerprint density at radius 1 is 1.58 bits per heavy atom. The van der Waals surface area contributed by atoms with Crippen molar-refractivity contribution in [3.8, 4) is 0 Å². The number of ether oxygens (including phenoxy) is 1. The van der Waals surface area contributed by atoms with Crippen molar-refractivity contribution in [2.75, 3.05) is 36.1 Å². The molecular formula is C14H20N2O2S. The van der Waals surface area contributed by atoms with E-state index in [1.165, 1.54) is 0 Å². The maximum absolute atomic E-state index is 11.8. The third-order valence-corrected chi connectivity index (χ3v) is 4.27. The quantitative estimate of drug-likeness (QED) is 0.680. The van der Waals surface area contributed by atoms with E-state index in [2.05, 4.69) is 11.8 Å². The Labute approximate surface area is 118 Å². The lowest BCUT2D eigenvalue weighted by Gasteiger charge is -2.32. The van der Waals surface area contributed by atoms with Gasteiger partial charge >= 0.3 is 5.97 Å². The fourth-order valence-corrected chi connectivity index (χ4v) is 3.19. The summed E-state index contributed by atoms with van der Waals surface area (Å²) in [5.41, 5.74) is 7.84. The van der Waals surface area contributed by atoms with E-state index in [1.807, 2.05) is 23.9 Å². The van der Waals surface area contributed by atoms with Crippen molar-refractivity contribution in [3.05, 3.63) is 23.8 Å². The van der Waals surface area contributed by atoms with Crippen molar-refractivity contribution >= 4 is 29.1 Å². The van der Waals surface area contributed by atoms with Crippen LogP contribution < -0.4 is 10.6 Å². The maximum atomic E-state index is 11.8. The second-order valence-electron chi connectivity index (χ2n) is 4.62. The summed E-state index contributed by atoms with van der Waals surface area (Å²) < 4.78 is 5.03. The van der Waals surface area contributed by atoms with E-state index in [9.17, 15) is 4.79 Å². The Morgan fingerprint density at radius 3 is 3.05 bits per heavy atom. The maximum Gasteiger partial charge on any atom is 0.340 e. The van der Waals surface area contributed by atoms with Crippen molar-refractivity contribution < 1.29 is 9.53 Å². The molecule has 1 heterocycles. The summed E-state index contributed by atoms with van der Waals surface area (Å²) in [4.78, 5) is 14.1. The number of carbonyl (C=O) groups is 1. The molecule has 19 heavy (non-hydrogen) atoms. The molecule has 1 aliphatic heterocycles. The predicted octanol–water partition coefficient (Wildman–Crippen LogP) is 2.39. The summed E-state index contributed by atoms with van der Waals surface area (Å²) in [5, 5.41) is 0.609. The molecule has 1 aromatic carbocycles. The third-order valence-electron chi connectivity index (χ3n) is 3.14. The molecule has 0 bridgehead atoms. The monoisotopic (exact) mass is 280 g/mol. The van der Waals surface area contributed by atoms with Gasteiger partial charge in [0.25, 0.3) is 0 Å². The Balaban J connectivity index is 2.22. The molecule has 1 atom stereocenters. The molecule has 5 heteroatoms. The van der Waals surface area contributed by atoms with Crippen LogP contribution in [0.15, 0.2) is 18.2 Å². The van der Waals surface area contributed by atoms with E-state index in [-0.39, 0.29) is 5.97 Å². The Kier molecular flexibility index (Phi) is 4.58. The standard InChI is InChI=1S/C14H20N2O2S/c1-3-18-14(17)12-8-11(4-5-13(12)15)16-6-7-19-10(2)9-16/h4-5,8,10H,3,6-7,9,15H2,1-2H3. The third kappa shape index (κ3) is 3.35. The average Bonchev–Trinajstić information content (AvgIpc) is 2.39. The summed E-state index contributed by atoms with van der Waals surface area (Å²) in [6, 6.07) is 5.60. The zero-order valence-corrected chi connectivity index (χ0v) is 12.2. The van der Waals surface area contributed by atoms with Gasteiger partial charge in [-0.15, -0.1) is 0 Å². The van der Waals surface area contributed by atoms with Gasteiger partial charge in [-0.2, -0.15) is 11.8 Å². The zero-order chi connectivity index (χ0) is 13.8. The van der Waals surface area contributed by atoms with Crippen LogP contribution in [0.25, 0.3) is 0 Å². The lowest BCUT2D eigenvalue weighted by molar-refractivity contribution is 0.0527. The second kappa shape index (κ2) is 6.19. The Hall–Kier alpha value is -1.36. The number of nitrogens with zero attached hydrogens (tertiary/aromatic N) is 1. The first-order valence-corrected chi connectivity index (χ1v) is 7.60. The van der Waals surface area contributed by atoms with Gasteiger partial charge in [0.2, 0.25) is 0 Å². The number of hydrogen-bond acceptors (Lipinski definition) is 5. The molecule has 1 fully saturated rings. The Bertz CT molecular complexity index is 465. The fraction of sp³-hybridized carbons (Fsp3) is 0.500. The number of esters is 1. The van der Waals surface area contributed by atoms with Crippen LogP contribution in [0, 0.1) is 0 Å². The minimum atomic E-state index is -0.346. The van der Waals surface area contributed by atoms with E-state index in [4.69, 9.17) is 10.5 Å². The molecule has 0 radical (unpaired) electrons. The van der Waals surface area contributed by atoms with E-state index in [0.29, 0.717) is 23.1 Å². The molecule has 0 amide bonds. The van der Waals surface area contributed by atoms with Gasteiger partial charge < -0.3 is 15.4 Å². The number of nitrogens with two attached hydrogens (primary N) is 1. The number of nitrogen functional groups attached to an aromatic ring is 1. The first-order chi connectivity index (χ1) is 9.11. The number of rotatable bonds is 3. The van der Waals surface area contributed by atoms with Crippen LogP contribution in [0.1, 0.15) is 24.2 Å². The SMILES string of the molecule is CCOC(=O)c1cc(N2CCSC(C)C2)ccc1N. The van der Waals surface area contributed by atoms with Crippen LogP contribution in [0.4, 0.5) is 11.4 Å². The highest BCUT2D eigenvalue weighted by atomic mass is 32.2. The minimum Gasteiger partial charge on any atom is -0.462 e. The van der Waals surface area contributed by atoms with Crippen LogP contribution in [0.3, 0.4) is 0 Å². The van der Waals surface area contributed by atoms with Gasteiger partial charge in [-0.1, -0.05) is 6.92 Å². The summed E-state index contributed by atoms with van der Waals surface area (Å²) in [6.07, 6.45) is 0. The lowest BCUT2D eigenvalue weighted by atomic mass is 10.1. The van der Waals surface area contributed by atoms with Crippen LogP contribution in [0.2, 0.25) is 0 Å². The first-order valence-electron chi connectivity index (χ1n) is 6.55. The van der Waals surface area contributed by atoms with Gasteiger partial charge in [-0.05, 0) is 25.1 Å². The van der Waals surface area contributed by atoms with E-state index in [0.717, 1.165) is 24.5 Å². The molecule has 1 saturated heterocycles. The number of hydrogen-bond donors (Lipinski definition) is 1. The van der Waals surface area contributed by atoms with Crippen LogP contribution in [-0.4, -0.2) is 36.7 Å². The Morgan fingerprint density at radius 2 is 2.37 bits per heavy atom. The lowest BCUT2D eigenvalue weighted by Crippen LogP contribution is -2.36. The normalized spacial score (nSPS) is 19.3. The molecule has 1 aromatic rings. The topological polar surface area (TPSA) is 55.6 Å². The number of benzene rings is 1. The van der Waals surface area contributed by atoms with Crippen molar-refractivity contribution in [1.82, 2.24) is 0 Å². The number of thioether (sulfide) groups is 1. The van der Waals surface area contributed by atoms with Crippen LogP contribution in [-0.2, 0) is 4.74 Å². The molecule has 0 saturated carbocycles. The van der Waals surface area contributed by atoms with E-state index >= 15 is 0 Å². The molecular weight excluding hydrogens is 260 g/mol. The highest BCUT2D eigenvalue weighted by Crippen LogP contribution is 2.26. The predicted molar refractivity (Wildman–Crippen MR) is 80.9 cm³/mol. The van der Waals surface area contributed by atoms with Crippen molar-refractivity contribution in [3.63, 3.8) is 0 Å². The molecule has 4 nitrogen and oxygen atoms in total. The molecule has 2 rings (SSSR count). The summed E-state index contributed by atoms with van der Waals surface area (Å²) in [7, 11) is 0. The zero-order valence-electron chi connectivity index (χ0n) is 11.4. The minimum absolute atomic E-state index is 0.346. The van der Waals surface area contributed by atoms with Crippen molar-refractivity contribution in [2.24, 2.45) is 0 Å². The molecule has 1 aliphatic rings. The molecule has 2 N–H and O–H groups in total. The number of carbonyl (C=O) groups excluding carboxylic acids is 1. The fourth-order valence-electron chi connectivity index (χ4n) is 2.18. The van der Waals surface area contributed by atoms with E-state index in [1.54, 1.807) is 13.0 Å². The van der Waals surface area contributed by atoms with E-state index < -0.39 is 0 Å². The van der Waals surface area contributed by atoms with Gasteiger partial charge in [0, 0.05) is 35.5 Å². The smallest absolute Gasteiger partial charge is 0.340 e. The van der Waals surface area contributed by atoms with Gasteiger partial charge in [0.1, 0.15) is 0 Å². The van der Waals surface area contributed by atoms with Gasteiger partial charge in [0.15, 0.2) is 0 Å². The van der Waals surface area contributed by atoms with Gasteiger partial charge in [-0.25, -0.2) is 4.79 Å². The second-order valence-corrected chi connectivity index (χ2v) is 6.17. The summed E-state index contributed by atoms with van der Waals surface area (Å²) >= 11 is 1.98. The van der Waals surface area contributed by atoms with Crippen LogP contribution in [0.5, 0.6) is 0 Å². The van der Waals surface area contributed by atoms with Crippen LogP contribution >= 0.6 is 11.8 Å². The summed E-state index contributed by atoms with van der Waals surface area (Å²) in [5.74, 6) is 0.765. The van der Waals surface area contributed by atoms with Crippen molar-refractivity contribution in [1.29, 1.82) is 0 Å². The molecule has 0 spiro atoms.